The van der Waals surface area contributed by atoms with Crippen molar-refractivity contribution in [3.8, 4) is 11.1 Å². The van der Waals surface area contributed by atoms with Gasteiger partial charge in [-0.1, -0.05) is 0 Å². The van der Waals surface area contributed by atoms with Crippen molar-refractivity contribution in [3.63, 3.8) is 0 Å². The molecule has 0 atom stereocenters. The highest BCUT2D eigenvalue weighted by atomic mass is 19.1. The highest BCUT2D eigenvalue weighted by Gasteiger charge is 2.31. The average molecular weight is 449 g/mol. The molecular weight excluding hydrogens is 428 g/mol. The van der Waals surface area contributed by atoms with Gasteiger partial charge in [0.1, 0.15) is 29.4 Å². The van der Waals surface area contributed by atoms with Gasteiger partial charge in [0.05, 0.1) is 17.6 Å². The Morgan fingerprint density at radius 3 is 2.67 bits per heavy atom. The number of aryl methyl sites for hydroxylation is 2. The summed E-state index contributed by atoms with van der Waals surface area (Å²) in [6, 6.07) is 7.22. The molecule has 0 bridgehead atoms. The van der Waals surface area contributed by atoms with Gasteiger partial charge in [-0.3, -0.25) is 9.88 Å². The number of pyridine rings is 1. The molecule has 3 aromatic heterocycles. The van der Waals surface area contributed by atoms with Crippen molar-refractivity contribution < 1.29 is 13.6 Å². The fraction of sp³-hybridized carbons (Fsp3) is 0.217. The van der Waals surface area contributed by atoms with E-state index in [0.717, 1.165) is 0 Å². The molecule has 1 aromatic carbocycles. The van der Waals surface area contributed by atoms with Crippen LogP contribution in [0.1, 0.15) is 11.4 Å². The second kappa shape index (κ2) is 7.80. The summed E-state index contributed by atoms with van der Waals surface area (Å²) in [6.07, 6.45) is 3.11. The average Bonchev–Trinajstić information content (AvgIpc) is 3.31. The van der Waals surface area contributed by atoms with E-state index in [9.17, 15) is 9.18 Å². The third-order valence-corrected chi connectivity index (χ3v) is 5.83. The minimum Gasteiger partial charge on any atom is -0.383 e. The number of nitrogens with zero attached hydrogens (tertiary/aromatic N) is 6. The Bertz CT molecular complexity index is 1400. The molecule has 1 aliphatic rings. The zero-order valence-electron chi connectivity index (χ0n) is 18.1. The summed E-state index contributed by atoms with van der Waals surface area (Å²) in [6.45, 7) is 2.56. The van der Waals surface area contributed by atoms with E-state index in [1.165, 1.54) is 28.3 Å². The highest BCUT2D eigenvalue weighted by molar-refractivity contribution is 6.01. The van der Waals surface area contributed by atoms with E-state index in [1.54, 1.807) is 42.9 Å². The van der Waals surface area contributed by atoms with Crippen LogP contribution in [0.3, 0.4) is 0 Å². The Hall–Kier alpha value is -4.08. The third-order valence-electron chi connectivity index (χ3n) is 5.83. The predicted molar refractivity (Wildman–Crippen MR) is 120 cm³/mol. The summed E-state index contributed by atoms with van der Waals surface area (Å²) in [5, 5.41) is 0.572. The lowest BCUT2D eigenvalue weighted by Gasteiger charge is -2.19. The maximum absolute atomic E-state index is 15.2. The summed E-state index contributed by atoms with van der Waals surface area (Å²) >= 11 is 0. The predicted octanol–water partition coefficient (Wildman–Crippen LogP) is 3.64. The molecule has 168 valence electrons. The van der Waals surface area contributed by atoms with Crippen molar-refractivity contribution in [2.75, 3.05) is 23.7 Å². The van der Waals surface area contributed by atoms with E-state index < -0.39 is 11.6 Å². The van der Waals surface area contributed by atoms with Gasteiger partial charge in [0.15, 0.2) is 0 Å². The SMILES string of the molecule is Cc1ccc(F)c(CN2CCN(c3ccc(-c4cn(C)c5ncnc(N)c45)c(F)c3)C2=O)n1. The van der Waals surface area contributed by atoms with Crippen molar-refractivity contribution in [2.45, 2.75) is 13.5 Å². The first-order valence-corrected chi connectivity index (χ1v) is 10.4. The Labute approximate surface area is 188 Å². The van der Waals surface area contributed by atoms with Crippen LogP contribution >= 0.6 is 0 Å². The van der Waals surface area contributed by atoms with Gasteiger partial charge in [0.25, 0.3) is 0 Å². The third kappa shape index (κ3) is 3.53. The first-order valence-electron chi connectivity index (χ1n) is 10.4. The molecule has 10 heteroatoms. The smallest absolute Gasteiger partial charge is 0.324 e. The van der Waals surface area contributed by atoms with Crippen molar-refractivity contribution in [3.05, 3.63) is 65.9 Å². The fourth-order valence-corrected chi connectivity index (χ4v) is 4.18. The maximum atomic E-state index is 15.2. The van der Waals surface area contributed by atoms with Crippen LogP contribution in [-0.2, 0) is 13.6 Å². The maximum Gasteiger partial charge on any atom is 0.324 e. The Kier molecular flexibility index (Phi) is 4.92. The van der Waals surface area contributed by atoms with Gasteiger partial charge in [0.2, 0.25) is 0 Å². The van der Waals surface area contributed by atoms with Crippen LogP contribution in [0.5, 0.6) is 0 Å². The van der Waals surface area contributed by atoms with Gasteiger partial charge >= 0.3 is 6.03 Å². The standard InChI is InChI=1S/C23H21F2N7O/c1-13-3-6-17(24)19(29-13)11-31-7-8-32(23(31)33)14-4-5-15(18(25)9-14)16-10-30(2)22-20(16)21(26)27-12-28-22/h3-6,9-10,12H,7-8,11H2,1-2H3,(H2,26,27,28). The molecule has 2 amide bonds. The number of benzene rings is 1. The molecule has 0 radical (unpaired) electrons. The van der Waals surface area contributed by atoms with Crippen LogP contribution in [0.4, 0.5) is 25.1 Å². The number of hydrogen-bond donors (Lipinski definition) is 1. The Morgan fingerprint density at radius 2 is 1.88 bits per heavy atom. The topological polar surface area (TPSA) is 93.2 Å². The lowest BCUT2D eigenvalue weighted by Crippen LogP contribution is -2.32. The number of halogens is 2. The van der Waals surface area contributed by atoms with E-state index >= 15 is 4.39 Å². The van der Waals surface area contributed by atoms with Gasteiger partial charge in [0, 0.05) is 48.8 Å². The normalized spacial score (nSPS) is 14.0. The van der Waals surface area contributed by atoms with E-state index in [4.69, 9.17) is 5.73 Å². The zero-order chi connectivity index (χ0) is 23.3. The van der Waals surface area contributed by atoms with Gasteiger partial charge < -0.3 is 15.2 Å². The fourth-order valence-electron chi connectivity index (χ4n) is 4.18. The first kappa shape index (κ1) is 20.8. The number of nitrogens with two attached hydrogens (primary N) is 1. The van der Waals surface area contributed by atoms with E-state index in [0.29, 0.717) is 46.6 Å². The molecular formula is C23H21F2N7O. The molecule has 1 fully saturated rings. The summed E-state index contributed by atoms with van der Waals surface area (Å²) in [5.74, 6) is -0.692. The number of amides is 2. The molecule has 5 rings (SSSR count). The van der Waals surface area contributed by atoms with Crippen molar-refractivity contribution in [1.82, 2.24) is 24.4 Å². The molecule has 2 N–H and O–H groups in total. The summed E-state index contributed by atoms with van der Waals surface area (Å²) < 4.78 is 31.1. The lowest BCUT2D eigenvalue weighted by molar-refractivity contribution is 0.217. The molecule has 8 nitrogen and oxygen atoms in total. The molecule has 0 spiro atoms. The number of urea groups is 1. The molecule has 1 aliphatic heterocycles. The molecule has 4 aromatic rings. The van der Waals surface area contributed by atoms with Crippen LogP contribution in [0.25, 0.3) is 22.2 Å². The second-order valence-corrected chi connectivity index (χ2v) is 8.01. The van der Waals surface area contributed by atoms with E-state index in [1.807, 2.05) is 0 Å². The minimum atomic E-state index is -0.499. The molecule has 33 heavy (non-hydrogen) atoms. The van der Waals surface area contributed by atoms with Crippen molar-refractivity contribution >= 4 is 28.6 Å². The van der Waals surface area contributed by atoms with Crippen LogP contribution in [0, 0.1) is 18.6 Å². The van der Waals surface area contributed by atoms with Crippen LogP contribution in [-0.4, -0.2) is 43.5 Å². The number of anilines is 2. The van der Waals surface area contributed by atoms with Crippen LogP contribution < -0.4 is 10.6 Å². The number of rotatable bonds is 4. The molecule has 0 saturated carbocycles. The quantitative estimate of drug-likeness (QED) is 0.514. The number of fused-ring (bicyclic) bond motifs is 1. The van der Waals surface area contributed by atoms with E-state index in [2.05, 4.69) is 15.0 Å². The van der Waals surface area contributed by atoms with Gasteiger partial charge in [-0.25, -0.2) is 23.5 Å². The number of nitrogen functional groups attached to an aromatic ring is 1. The lowest BCUT2D eigenvalue weighted by atomic mass is 10.0. The summed E-state index contributed by atoms with van der Waals surface area (Å²) in [5.41, 5.74) is 8.84. The largest absolute Gasteiger partial charge is 0.383 e. The summed E-state index contributed by atoms with van der Waals surface area (Å²) in [4.78, 5) is 28.3. The van der Waals surface area contributed by atoms with Crippen LogP contribution in [0.15, 0.2) is 42.9 Å². The second-order valence-electron chi connectivity index (χ2n) is 8.01. The Balaban J connectivity index is 1.43. The zero-order valence-corrected chi connectivity index (χ0v) is 18.1. The number of carbonyl (C=O) groups excluding carboxylic acids is 1. The van der Waals surface area contributed by atoms with Crippen molar-refractivity contribution in [2.24, 2.45) is 7.05 Å². The monoisotopic (exact) mass is 449 g/mol. The molecule has 4 heterocycles. The highest BCUT2D eigenvalue weighted by Crippen LogP contribution is 2.35. The minimum absolute atomic E-state index is 0.0543. The van der Waals surface area contributed by atoms with Crippen molar-refractivity contribution in [1.29, 1.82) is 0 Å². The van der Waals surface area contributed by atoms with Gasteiger partial charge in [-0.05, 0) is 37.3 Å². The van der Waals surface area contributed by atoms with Gasteiger partial charge in [-0.2, -0.15) is 0 Å². The van der Waals surface area contributed by atoms with Gasteiger partial charge in [-0.15, -0.1) is 0 Å². The number of aromatic nitrogens is 4. The molecule has 1 saturated heterocycles. The Morgan fingerprint density at radius 1 is 1.06 bits per heavy atom. The number of hydrogen-bond acceptors (Lipinski definition) is 5. The molecule has 0 unspecified atom stereocenters. The van der Waals surface area contributed by atoms with Crippen LogP contribution in [0.2, 0.25) is 0 Å². The summed E-state index contributed by atoms with van der Waals surface area (Å²) in [7, 11) is 1.80. The number of carbonyl (C=O) groups is 1. The van der Waals surface area contributed by atoms with E-state index in [-0.39, 0.29) is 24.1 Å². The first-order chi connectivity index (χ1) is 15.8. The molecule has 0 aliphatic carbocycles.